The minimum Gasteiger partial charge on any atom is -0.497 e. The molecule has 0 unspecified atom stereocenters. The number of benzene rings is 2. The quantitative estimate of drug-likeness (QED) is 0.341. The molecule has 0 aliphatic heterocycles. The summed E-state index contributed by atoms with van der Waals surface area (Å²) >= 11 is 7.30. The highest BCUT2D eigenvalue weighted by Gasteiger charge is 2.15. The Morgan fingerprint density at radius 3 is 2.59 bits per heavy atom. The number of thiocarbonyl (C=S) groups is 1. The van der Waals surface area contributed by atoms with E-state index in [9.17, 15) is 0 Å². The van der Waals surface area contributed by atoms with Gasteiger partial charge in [-0.1, -0.05) is 18.2 Å². The first-order valence-corrected chi connectivity index (χ1v) is 11.1. The molecule has 0 spiro atoms. The number of methoxy groups -OCH3 is 1. The summed E-state index contributed by atoms with van der Waals surface area (Å²) in [5.41, 5.74) is 2.13. The van der Waals surface area contributed by atoms with Crippen LogP contribution in [0.5, 0.6) is 5.75 Å². The summed E-state index contributed by atoms with van der Waals surface area (Å²) in [5, 5.41) is 7.36. The molecule has 0 saturated heterocycles. The van der Waals surface area contributed by atoms with Crippen molar-refractivity contribution < 1.29 is 9.15 Å². The molecule has 0 aliphatic carbocycles. The summed E-state index contributed by atoms with van der Waals surface area (Å²) in [6.45, 7) is 1.96. The minimum absolute atomic E-state index is 0.0510. The number of aryl methyl sites for hydroxylation is 2. The van der Waals surface area contributed by atoms with E-state index < -0.39 is 0 Å². The zero-order chi connectivity index (χ0) is 20.6. The van der Waals surface area contributed by atoms with Gasteiger partial charge >= 0.3 is 0 Å². The monoisotopic (exact) mass is 426 g/mol. The Morgan fingerprint density at radius 2 is 1.93 bits per heavy atom. The first-order valence-electron chi connectivity index (χ1n) is 9.48. The van der Waals surface area contributed by atoms with Crippen molar-refractivity contribution in [1.29, 1.82) is 0 Å². The summed E-state index contributed by atoms with van der Waals surface area (Å²) in [5.74, 6) is 2.75. The second-order valence-corrected chi connectivity index (χ2v) is 8.00. The van der Waals surface area contributed by atoms with Crippen LogP contribution in [0.2, 0.25) is 0 Å². The minimum atomic E-state index is 0.0510. The van der Waals surface area contributed by atoms with Crippen molar-refractivity contribution in [3.63, 3.8) is 0 Å². The lowest BCUT2D eigenvalue weighted by Gasteiger charge is -2.21. The van der Waals surface area contributed by atoms with Crippen molar-refractivity contribution in [3.05, 3.63) is 77.7 Å². The Kier molecular flexibility index (Phi) is 7.61. The van der Waals surface area contributed by atoms with E-state index in [2.05, 4.69) is 41.2 Å². The third-order valence-corrected chi connectivity index (χ3v) is 5.57. The van der Waals surface area contributed by atoms with Gasteiger partial charge in [0.05, 0.1) is 13.2 Å². The van der Waals surface area contributed by atoms with Gasteiger partial charge < -0.3 is 19.8 Å². The number of furan rings is 1. The number of hydrogen-bond acceptors (Lipinski definition) is 4. The molecule has 6 heteroatoms. The fourth-order valence-corrected chi connectivity index (χ4v) is 3.81. The molecule has 3 rings (SSSR count). The SMILES string of the molecule is COc1ccc([C@@H](CCc2ccc(C)o2)NC(=S)Nc2cccc(SC)c2)cc1. The number of rotatable bonds is 8. The Balaban J connectivity index is 1.71. The molecular weight excluding hydrogens is 400 g/mol. The molecule has 152 valence electrons. The molecular formula is C23H26N2O2S2. The van der Waals surface area contributed by atoms with Crippen molar-refractivity contribution in [2.24, 2.45) is 0 Å². The normalized spacial score (nSPS) is 11.7. The number of thioether (sulfide) groups is 1. The zero-order valence-electron chi connectivity index (χ0n) is 16.9. The van der Waals surface area contributed by atoms with Crippen LogP contribution in [0.3, 0.4) is 0 Å². The Bertz CT molecular complexity index is 938. The van der Waals surface area contributed by atoms with Gasteiger partial charge in [-0.15, -0.1) is 11.8 Å². The van der Waals surface area contributed by atoms with Crippen LogP contribution in [-0.4, -0.2) is 18.5 Å². The summed E-state index contributed by atoms with van der Waals surface area (Å²) in [6.07, 6.45) is 3.74. The lowest BCUT2D eigenvalue weighted by atomic mass is 10.0. The van der Waals surface area contributed by atoms with E-state index in [1.165, 1.54) is 4.90 Å². The summed E-state index contributed by atoms with van der Waals surface area (Å²) in [4.78, 5) is 1.19. The smallest absolute Gasteiger partial charge is 0.171 e. The van der Waals surface area contributed by atoms with Gasteiger partial charge in [-0.25, -0.2) is 0 Å². The number of hydrogen-bond donors (Lipinski definition) is 2. The van der Waals surface area contributed by atoms with Crippen LogP contribution in [0, 0.1) is 6.92 Å². The molecule has 0 saturated carbocycles. The van der Waals surface area contributed by atoms with Gasteiger partial charge in [0.1, 0.15) is 17.3 Å². The maximum atomic E-state index is 5.73. The number of ether oxygens (including phenoxy) is 1. The van der Waals surface area contributed by atoms with E-state index >= 15 is 0 Å². The predicted octanol–water partition coefficient (Wildman–Crippen LogP) is 5.98. The highest BCUT2D eigenvalue weighted by atomic mass is 32.2. The molecule has 0 bridgehead atoms. The van der Waals surface area contributed by atoms with E-state index in [0.29, 0.717) is 5.11 Å². The van der Waals surface area contributed by atoms with E-state index in [1.54, 1.807) is 18.9 Å². The first-order chi connectivity index (χ1) is 14.1. The fraction of sp³-hybridized carbons (Fsp3) is 0.261. The molecule has 1 atom stereocenters. The van der Waals surface area contributed by atoms with Crippen LogP contribution < -0.4 is 15.4 Å². The van der Waals surface area contributed by atoms with E-state index in [0.717, 1.165) is 41.4 Å². The predicted molar refractivity (Wildman–Crippen MR) is 125 cm³/mol. The number of anilines is 1. The van der Waals surface area contributed by atoms with Gasteiger partial charge in [-0.2, -0.15) is 0 Å². The summed E-state index contributed by atoms with van der Waals surface area (Å²) in [7, 11) is 1.67. The third kappa shape index (κ3) is 6.27. The van der Waals surface area contributed by atoms with Gasteiger partial charge in [-0.05, 0) is 79.8 Å². The van der Waals surface area contributed by atoms with E-state index in [4.69, 9.17) is 21.4 Å². The van der Waals surface area contributed by atoms with E-state index in [-0.39, 0.29) is 6.04 Å². The van der Waals surface area contributed by atoms with Crippen molar-refractivity contribution in [3.8, 4) is 5.75 Å². The maximum Gasteiger partial charge on any atom is 0.171 e. The lowest BCUT2D eigenvalue weighted by Crippen LogP contribution is -2.32. The molecule has 2 aromatic carbocycles. The highest BCUT2D eigenvalue weighted by molar-refractivity contribution is 7.98. The van der Waals surface area contributed by atoms with Gasteiger partial charge in [0.25, 0.3) is 0 Å². The van der Waals surface area contributed by atoms with Crippen LogP contribution >= 0.6 is 24.0 Å². The summed E-state index contributed by atoms with van der Waals surface area (Å²) in [6, 6.07) is 20.4. The molecule has 0 radical (unpaired) electrons. The van der Waals surface area contributed by atoms with Crippen LogP contribution in [0.15, 0.2) is 70.0 Å². The molecule has 4 nitrogen and oxygen atoms in total. The van der Waals surface area contributed by atoms with Crippen LogP contribution in [0.25, 0.3) is 0 Å². The molecule has 3 aromatic rings. The van der Waals surface area contributed by atoms with Gasteiger partial charge in [-0.3, -0.25) is 0 Å². The standard InChI is InChI=1S/C23H26N2O2S2/c1-16-7-10-20(27-16)13-14-22(17-8-11-19(26-2)12-9-17)25-23(28)24-18-5-4-6-21(15-18)29-3/h4-12,15,22H,13-14H2,1-3H3,(H2,24,25,28)/t22-/m1/s1. The Labute approximate surface area is 182 Å². The lowest BCUT2D eigenvalue weighted by molar-refractivity contribution is 0.414. The topological polar surface area (TPSA) is 46.4 Å². The van der Waals surface area contributed by atoms with Gasteiger partial charge in [0.15, 0.2) is 5.11 Å². The molecule has 29 heavy (non-hydrogen) atoms. The molecule has 0 fully saturated rings. The Morgan fingerprint density at radius 1 is 1.14 bits per heavy atom. The Hall–Kier alpha value is -2.44. The number of nitrogens with one attached hydrogen (secondary N) is 2. The fourth-order valence-electron chi connectivity index (χ4n) is 3.09. The largest absolute Gasteiger partial charge is 0.497 e. The summed E-state index contributed by atoms with van der Waals surface area (Å²) < 4.78 is 11.0. The van der Waals surface area contributed by atoms with E-state index in [1.807, 2.05) is 43.3 Å². The molecule has 2 N–H and O–H groups in total. The third-order valence-electron chi connectivity index (χ3n) is 4.63. The molecule has 1 heterocycles. The second-order valence-electron chi connectivity index (χ2n) is 6.71. The molecule has 0 aliphatic rings. The average Bonchev–Trinajstić information content (AvgIpc) is 3.16. The zero-order valence-corrected chi connectivity index (χ0v) is 18.5. The highest BCUT2D eigenvalue weighted by Crippen LogP contribution is 2.24. The average molecular weight is 427 g/mol. The van der Waals surface area contributed by atoms with Gasteiger partial charge in [0.2, 0.25) is 0 Å². The van der Waals surface area contributed by atoms with Crippen LogP contribution in [-0.2, 0) is 6.42 Å². The van der Waals surface area contributed by atoms with Crippen molar-refractivity contribution in [2.75, 3.05) is 18.7 Å². The molecule has 0 amide bonds. The van der Waals surface area contributed by atoms with Crippen molar-refractivity contribution >= 4 is 34.8 Å². The second kappa shape index (κ2) is 10.4. The van der Waals surface area contributed by atoms with Crippen LogP contribution in [0.4, 0.5) is 5.69 Å². The van der Waals surface area contributed by atoms with Gasteiger partial charge in [0, 0.05) is 17.0 Å². The van der Waals surface area contributed by atoms with Crippen molar-refractivity contribution in [2.45, 2.75) is 30.7 Å². The first kappa shape index (κ1) is 21.3. The molecule has 1 aromatic heterocycles. The maximum absolute atomic E-state index is 5.73. The van der Waals surface area contributed by atoms with Crippen LogP contribution in [0.1, 0.15) is 29.5 Å². The van der Waals surface area contributed by atoms with Crippen molar-refractivity contribution in [1.82, 2.24) is 5.32 Å².